The van der Waals surface area contributed by atoms with Crippen molar-refractivity contribution in [2.45, 2.75) is 50.8 Å². The number of anilines is 1. The summed E-state index contributed by atoms with van der Waals surface area (Å²) in [5.74, 6) is -0.0259. The second-order valence-electron chi connectivity index (χ2n) is 6.73. The SMILES string of the molecule is CC(=O)N1CCc2cc(S(=O)(=O)N3C(C)OCC3(C)C)ccc21. The fraction of sp³-hybridized carbons (Fsp3) is 0.562. The molecule has 23 heavy (non-hydrogen) atoms. The third-order valence-corrected chi connectivity index (χ3v) is 6.65. The number of ether oxygens (including phenoxy) is 1. The molecule has 1 saturated heterocycles. The number of hydrogen-bond acceptors (Lipinski definition) is 4. The van der Waals surface area contributed by atoms with Crippen LogP contribution >= 0.6 is 0 Å². The lowest BCUT2D eigenvalue weighted by atomic mass is 10.1. The van der Waals surface area contributed by atoms with E-state index >= 15 is 0 Å². The molecule has 0 spiro atoms. The maximum Gasteiger partial charge on any atom is 0.245 e. The molecule has 1 fully saturated rings. The summed E-state index contributed by atoms with van der Waals surface area (Å²) < 4.78 is 33.0. The van der Waals surface area contributed by atoms with Gasteiger partial charge < -0.3 is 9.64 Å². The van der Waals surface area contributed by atoms with Crippen LogP contribution in [0.4, 0.5) is 5.69 Å². The second kappa shape index (κ2) is 5.29. The summed E-state index contributed by atoms with van der Waals surface area (Å²) in [6.45, 7) is 7.96. The van der Waals surface area contributed by atoms with Crippen molar-refractivity contribution in [1.82, 2.24) is 4.31 Å². The first-order chi connectivity index (χ1) is 10.6. The molecule has 6 nitrogen and oxygen atoms in total. The maximum absolute atomic E-state index is 13.0. The molecule has 1 unspecified atom stereocenters. The Hall–Kier alpha value is -1.44. The van der Waals surface area contributed by atoms with Gasteiger partial charge in [-0.2, -0.15) is 4.31 Å². The van der Waals surface area contributed by atoms with E-state index in [4.69, 9.17) is 4.74 Å². The number of fused-ring (bicyclic) bond motifs is 1. The zero-order valence-electron chi connectivity index (χ0n) is 13.9. The number of amides is 1. The first-order valence-electron chi connectivity index (χ1n) is 7.72. The third kappa shape index (κ3) is 2.56. The van der Waals surface area contributed by atoms with E-state index in [1.807, 2.05) is 13.8 Å². The van der Waals surface area contributed by atoms with Crippen LogP contribution in [0.5, 0.6) is 0 Å². The Morgan fingerprint density at radius 1 is 1.35 bits per heavy atom. The Morgan fingerprint density at radius 3 is 2.61 bits per heavy atom. The highest BCUT2D eigenvalue weighted by atomic mass is 32.2. The van der Waals surface area contributed by atoms with Crippen molar-refractivity contribution in [2.75, 3.05) is 18.1 Å². The minimum atomic E-state index is -3.65. The van der Waals surface area contributed by atoms with Gasteiger partial charge in [0.15, 0.2) is 0 Å². The van der Waals surface area contributed by atoms with Gasteiger partial charge in [0.25, 0.3) is 0 Å². The van der Waals surface area contributed by atoms with Gasteiger partial charge in [-0.1, -0.05) is 0 Å². The van der Waals surface area contributed by atoms with Crippen LogP contribution in [-0.4, -0.2) is 43.5 Å². The van der Waals surface area contributed by atoms with Crippen LogP contribution in [0.25, 0.3) is 0 Å². The second-order valence-corrected chi connectivity index (χ2v) is 8.55. The van der Waals surface area contributed by atoms with Gasteiger partial charge >= 0.3 is 0 Å². The molecule has 1 aromatic rings. The monoisotopic (exact) mass is 338 g/mol. The van der Waals surface area contributed by atoms with Gasteiger partial charge in [0, 0.05) is 19.2 Å². The minimum absolute atomic E-state index is 0.0259. The molecule has 0 aliphatic carbocycles. The van der Waals surface area contributed by atoms with E-state index < -0.39 is 21.8 Å². The summed E-state index contributed by atoms with van der Waals surface area (Å²) in [7, 11) is -3.65. The number of carbonyl (C=O) groups is 1. The number of carbonyl (C=O) groups excluding carboxylic acids is 1. The van der Waals surface area contributed by atoms with Gasteiger partial charge in [0.2, 0.25) is 15.9 Å². The van der Waals surface area contributed by atoms with E-state index in [0.29, 0.717) is 19.6 Å². The van der Waals surface area contributed by atoms with Gasteiger partial charge in [-0.05, 0) is 51.0 Å². The van der Waals surface area contributed by atoms with Crippen LogP contribution in [-0.2, 0) is 26.0 Å². The molecule has 0 bridgehead atoms. The summed E-state index contributed by atoms with van der Waals surface area (Å²) in [6, 6.07) is 5.00. The number of sulfonamides is 1. The average Bonchev–Trinajstić information content (AvgIpc) is 2.99. The molecule has 2 aliphatic rings. The Kier molecular flexibility index (Phi) is 3.78. The van der Waals surface area contributed by atoms with Crippen LogP contribution in [0.3, 0.4) is 0 Å². The van der Waals surface area contributed by atoms with Gasteiger partial charge in [0.1, 0.15) is 6.23 Å². The first kappa shape index (κ1) is 16.4. The van der Waals surface area contributed by atoms with E-state index in [2.05, 4.69) is 0 Å². The lowest BCUT2D eigenvalue weighted by molar-refractivity contribution is -0.116. The molecule has 126 valence electrons. The predicted molar refractivity (Wildman–Crippen MR) is 86.7 cm³/mol. The van der Waals surface area contributed by atoms with Crippen molar-refractivity contribution >= 4 is 21.6 Å². The molecule has 1 aromatic carbocycles. The number of benzene rings is 1. The normalized spacial score (nSPS) is 24.0. The highest BCUT2D eigenvalue weighted by molar-refractivity contribution is 7.89. The van der Waals surface area contributed by atoms with E-state index in [1.54, 1.807) is 30.0 Å². The number of rotatable bonds is 2. The third-order valence-electron chi connectivity index (χ3n) is 4.49. The lowest BCUT2D eigenvalue weighted by Gasteiger charge is -2.31. The maximum atomic E-state index is 13.0. The van der Waals surface area contributed by atoms with Crippen molar-refractivity contribution in [2.24, 2.45) is 0 Å². The molecular formula is C16H22N2O4S. The highest BCUT2D eigenvalue weighted by Gasteiger charge is 2.46. The zero-order valence-corrected chi connectivity index (χ0v) is 14.7. The van der Waals surface area contributed by atoms with E-state index in [1.165, 1.54) is 11.2 Å². The molecule has 0 aromatic heterocycles. The Labute approximate surface area is 137 Å². The molecular weight excluding hydrogens is 316 g/mol. The summed E-state index contributed by atoms with van der Waals surface area (Å²) in [6.07, 6.45) is 0.185. The van der Waals surface area contributed by atoms with Crippen LogP contribution in [0.1, 0.15) is 33.3 Å². The molecule has 0 saturated carbocycles. The molecule has 2 aliphatic heterocycles. The van der Waals surface area contributed by atoms with Crippen LogP contribution in [0.15, 0.2) is 23.1 Å². The van der Waals surface area contributed by atoms with Crippen molar-refractivity contribution in [3.8, 4) is 0 Å². The molecule has 1 amide bonds. The quantitative estimate of drug-likeness (QED) is 0.824. The highest BCUT2D eigenvalue weighted by Crippen LogP contribution is 2.36. The average molecular weight is 338 g/mol. The van der Waals surface area contributed by atoms with E-state index in [-0.39, 0.29) is 10.8 Å². The summed E-state index contributed by atoms with van der Waals surface area (Å²) in [5, 5.41) is 0. The van der Waals surface area contributed by atoms with Crippen molar-refractivity contribution in [1.29, 1.82) is 0 Å². The minimum Gasteiger partial charge on any atom is -0.360 e. The zero-order chi connectivity index (χ0) is 17.0. The number of hydrogen-bond donors (Lipinski definition) is 0. The summed E-state index contributed by atoms with van der Waals surface area (Å²) >= 11 is 0. The van der Waals surface area contributed by atoms with Crippen LogP contribution in [0.2, 0.25) is 0 Å². The van der Waals surface area contributed by atoms with Gasteiger partial charge in [-0.3, -0.25) is 4.79 Å². The summed E-state index contributed by atoms with van der Waals surface area (Å²) in [4.78, 5) is 13.5. The molecule has 2 heterocycles. The first-order valence-corrected chi connectivity index (χ1v) is 9.16. The van der Waals surface area contributed by atoms with E-state index in [0.717, 1.165) is 11.3 Å². The largest absolute Gasteiger partial charge is 0.360 e. The van der Waals surface area contributed by atoms with Crippen molar-refractivity contribution in [3.63, 3.8) is 0 Å². The van der Waals surface area contributed by atoms with Gasteiger partial charge in [-0.15, -0.1) is 0 Å². The van der Waals surface area contributed by atoms with Crippen molar-refractivity contribution < 1.29 is 17.9 Å². The molecule has 0 radical (unpaired) electrons. The smallest absolute Gasteiger partial charge is 0.245 e. The van der Waals surface area contributed by atoms with Gasteiger partial charge in [0.05, 0.1) is 17.0 Å². The standard InChI is InChI=1S/C16H22N2O4S/c1-11(19)17-8-7-13-9-14(5-6-15(13)17)23(20,21)18-12(2)22-10-16(18,3)4/h5-6,9,12H,7-8,10H2,1-4H3. The Bertz CT molecular complexity index is 757. The van der Waals surface area contributed by atoms with Crippen LogP contribution in [0, 0.1) is 0 Å². The summed E-state index contributed by atoms with van der Waals surface area (Å²) in [5.41, 5.74) is 1.12. The lowest BCUT2D eigenvalue weighted by Crippen LogP contribution is -2.47. The Balaban J connectivity index is 2.01. The van der Waals surface area contributed by atoms with Gasteiger partial charge in [-0.25, -0.2) is 8.42 Å². The molecule has 7 heteroatoms. The topological polar surface area (TPSA) is 66.9 Å². The fourth-order valence-corrected chi connectivity index (χ4v) is 5.36. The van der Waals surface area contributed by atoms with E-state index in [9.17, 15) is 13.2 Å². The fourth-order valence-electron chi connectivity index (χ4n) is 3.45. The molecule has 1 atom stereocenters. The van der Waals surface area contributed by atoms with Crippen molar-refractivity contribution in [3.05, 3.63) is 23.8 Å². The molecule has 0 N–H and O–H groups in total. The number of nitrogens with zero attached hydrogens (tertiary/aromatic N) is 2. The Morgan fingerprint density at radius 2 is 2.04 bits per heavy atom. The molecule has 3 rings (SSSR count). The van der Waals surface area contributed by atoms with Crippen LogP contribution < -0.4 is 4.90 Å². The predicted octanol–water partition coefficient (Wildman–Crippen LogP) is 1.74.